The van der Waals surface area contributed by atoms with E-state index in [1.165, 1.54) is 12.1 Å². The summed E-state index contributed by atoms with van der Waals surface area (Å²) in [6.45, 7) is 6.34. The largest absolute Gasteiger partial charge is 0.423 e. The number of benzene rings is 2. The first kappa shape index (κ1) is 20.5. The zero-order valence-electron chi connectivity index (χ0n) is 15.6. The first-order chi connectivity index (χ1) is 12.6. The minimum absolute atomic E-state index is 0.154. The summed E-state index contributed by atoms with van der Waals surface area (Å²) >= 11 is 0. The van der Waals surface area contributed by atoms with Crippen molar-refractivity contribution in [3.63, 3.8) is 0 Å². The molecule has 0 atom stereocenters. The highest BCUT2D eigenvalue weighted by molar-refractivity contribution is 5.93. The molecule has 0 spiro atoms. The number of carbonyl (C=O) groups excluding carboxylic acids is 1. The van der Waals surface area contributed by atoms with Crippen LogP contribution in [0.5, 0.6) is 5.75 Å². The molecule has 0 saturated carbocycles. The second-order valence-electron chi connectivity index (χ2n) is 6.19. The number of nitrogens with zero attached hydrogens (tertiary/aromatic N) is 2. The molecule has 0 saturated heterocycles. The van der Waals surface area contributed by atoms with Crippen LogP contribution in [0.1, 0.15) is 34.0 Å². The van der Waals surface area contributed by atoms with Gasteiger partial charge < -0.3 is 9.64 Å². The Hall–Kier alpha value is -2.83. The van der Waals surface area contributed by atoms with Crippen molar-refractivity contribution in [3.8, 4) is 5.75 Å². The molecule has 2 aromatic carbocycles. The Morgan fingerprint density at radius 1 is 1.19 bits per heavy atom. The molecule has 0 fully saturated rings. The molecule has 2 aromatic rings. The molecule has 27 heavy (non-hydrogen) atoms. The molecule has 0 N–H and O–H groups in total. The third kappa shape index (κ3) is 5.32. The van der Waals surface area contributed by atoms with Crippen LogP contribution in [0.2, 0.25) is 0 Å². The number of esters is 1. The van der Waals surface area contributed by atoms with Crippen LogP contribution in [0.25, 0.3) is 0 Å². The zero-order valence-corrected chi connectivity index (χ0v) is 15.6. The number of rotatable bonds is 5. The van der Waals surface area contributed by atoms with E-state index in [9.17, 15) is 18.0 Å². The maximum Gasteiger partial charge on any atom is 0.416 e. The van der Waals surface area contributed by atoms with Gasteiger partial charge in [-0.15, -0.1) is 0 Å². The minimum atomic E-state index is -4.50. The molecule has 0 aromatic heterocycles. The molecule has 0 unspecified atom stereocenters. The standard InChI is InChI=1S/C20H21F3N2O2/c1-5-25(4)12-24-18-10-13(2)17(9-14(18)3)19(26)27-16-8-6-7-15(11-16)20(21,22)23/h6-12H,5H2,1-4H3/b24-12+. The maximum atomic E-state index is 12.8. The molecule has 7 heteroatoms. The molecule has 2 rings (SSSR count). The number of hydrogen-bond donors (Lipinski definition) is 0. The topological polar surface area (TPSA) is 41.9 Å². The highest BCUT2D eigenvalue weighted by Gasteiger charge is 2.30. The number of halogens is 3. The zero-order chi connectivity index (χ0) is 20.2. The normalized spacial score (nSPS) is 11.7. The van der Waals surface area contributed by atoms with E-state index in [-0.39, 0.29) is 11.3 Å². The average Bonchev–Trinajstić information content (AvgIpc) is 2.61. The Kier molecular flexibility index (Phi) is 6.25. The lowest BCUT2D eigenvalue weighted by molar-refractivity contribution is -0.137. The van der Waals surface area contributed by atoms with E-state index in [0.717, 1.165) is 24.2 Å². The Balaban J connectivity index is 2.25. The van der Waals surface area contributed by atoms with Crippen molar-refractivity contribution in [1.82, 2.24) is 4.90 Å². The number of aryl methyl sites for hydroxylation is 2. The first-order valence-electron chi connectivity index (χ1n) is 8.37. The Bertz CT molecular complexity index is 861. The predicted molar refractivity (Wildman–Crippen MR) is 98.8 cm³/mol. The maximum absolute atomic E-state index is 12.8. The van der Waals surface area contributed by atoms with Crippen LogP contribution in [-0.4, -0.2) is 30.8 Å². The van der Waals surface area contributed by atoms with Gasteiger partial charge >= 0.3 is 12.1 Å². The monoisotopic (exact) mass is 378 g/mol. The number of hydrogen-bond acceptors (Lipinski definition) is 3. The van der Waals surface area contributed by atoms with E-state index in [1.807, 2.05) is 18.9 Å². The lowest BCUT2D eigenvalue weighted by Crippen LogP contribution is -2.14. The summed E-state index contributed by atoms with van der Waals surface area (Å²) in [7, 11) is 1.90. The number of carbonyl (C=O) groups is 1. The van der Waals surface area contributed by atoms with Gasteiger partial charge in [-0.2, -0.15) is 13.2 Å². The van der Waals surface area contributed by atoms with Gasteiger partial charge in [-0.3, -0.25) is 0 Å². The quantitative estimate of drug-likeness (QED) is 0.313. The van der Waals surface area contributed by atoms with Crippen molar-refractivity contribution in [1.29, 1.82) is 0 Å². The van der Waals surface area contributed by atoms with Gasteiger partial charge in [0.25, 0.3) is 0 Å². The van der Waals surface area contributed by atoms with Crippen LogP contribution in [0, 0.1) is 13.8 Å². The smallest absolute Gasteiger partial charge is 0.416 e. The summed E-state index contributed by atoms with van der Waals surface area (Å²) in [6, 6.07) is 7.62. The van der Waals surface area contributed by atoms with E-state index in [0.29, 0.717) is 11.3 Å². The minimum Gasteiger partial charge on any atom is -0.423 e. The molecular weight excluding hydrogens is 357 g/mol. The van der Waals surface area contributed by atoms with Gasteiger partial charge in [0.2, 0.25) is 0 Å². The SMILES string of the molecule is CCN(C)/C=N/c1cc(C)c(C(=O)Oc2cccc(C(F)(F)F)c2)cc1C. The van der Waals surface area contributed by atoms with E-state index in [4.69, 9.17) is 4.74 Å². The molecule has 144 valence electrons. The summed E-state index contributed by atoms with van der Waals surface area (Å²) in [5.41, 5.74) is 1.52. The fraction of sp³-hybridized carbons (Fsp3) is 0.300. The number of aliphatic imine (C=N–C) groups is 1. The second-order valence-corrected chi connectivity index (χ2v) is 6.19. The van der Waals surface area contributed by atoms with E-state index >= 15 is 0 Å². The van der Waals surface area contributed by atoms with Gasteiger partial charge in [0.05, 0.1) is 23.2 Å². The fourth-order valence-electron chi connectivity index (χ4n) is 2.30. The van der Waals surface area contributed by atoms with Gasteiger partial charge in [0.15, 0.2) is 0 Å². The summed E-state index contributed by atoms with van der Waals surface area (Å²) in [5, 5.41) is 0. The predicted octanol–water partition coefficient (Wildman–Crippen LogP) is 5.15. The van der Waals surface area contributed by atoms with Crippen molar-refractivity contribution in [2.75, 3.05) is 13.6 Å². The molecule has 0 aliphatic rings. The molecule has 4 nitrogen and oxygen atoms in total. The highest BCUT2D eigenvalue weighted by atomic mass is 19.4. The molecule has 0 amide bonds. The highest BCUT2D eigenvalue weighted by Crippen LogP contribution is 2.32. The van der Waals surface area contributed by atoms with Crippen LogP contribution in [-0.2, 0) is 6.18 Å². The second kappa shape index (κ2) is 8.24. The van der Waals surface area contributed by atoms with Gasteiger partial charge in [0.1, 0.15) is 5.75 Å². The molecule has 0 radical (unpaired) electrons. The molecule has 0 heterocycles. The van der Waals surface area contributed by atoms with Crippen molar-refractivity contribution in [3.05, 3.63) is 58.7 Å². The van der Waals surface area contributed by atoms with Crippen molar-refractivity contribution >= 4 is 18.0 Å². The lowest BCUT2D eigenvalue weighted by atomic mass is 10.0. The van der Waals surface area contributed by atoms with Gasteiger partial charge in [-0.05, 0) is 62.2 Å². The van der Waals surface area contributed by atoms with Gasteiger partial charge in [0, 0.05) is 13.6 Å². The third-order valence-electron chi connectivity index (χ3n) is 4.03. The summed E-state index contributed by atoms with van der Waals surface area (Å²) in [5.74, 6) is -0.866. The Labute approximate surface area is 156 Å². The fourth-order valence-corrected chi connectivity index (χ4v) is 2.30. The van der Waals surface area contributed by atoms with Crippen LogP contribution < -0.4 is 4.74 Å². The Morgan fingerprint density at radius 3 is 2.52 bits per heavy atom. The average molecular weight is 378 g/mol. The Morgan fingerprint density at radius 2 is 1.89 bits per heavy atom. The summed E-state index contributed by atoms with van der Waals surface area (Å²) < 4.78 is 43.5. The van der Waals surface area contributed by atoms with Crippen LogP contribution >= 0.6 is 0 Å². The first-order valence-corrected chi connectivity index (χ1v) is 8.37. The van der Waals surface area contributed by atoms with Crippen molar-refractivity contribution in [2.24, 2.45) is 4.99 Å². The van der Waals surface area contributed by atoms with Crippen LogP contribution in [0.4, 0.5) is 18.9 Å². The van der Waals surface area contributed by atoms with E-state index in [1.54, 1.807) is 32.3 Å². The number of alkyl halides is 3. The van der Waals surface area contributed by atoms with E-state index < -0.39 is 17.7 Å². The molecule has 0 aliphatic carbocycles. The summed E-state index contributed by atoms with van der Waals surface area (Å²) in [4.78, 5) is 18.7. The van der Waals surface area contributed by atoms with Crippen LogP contribution in [0.3, 0.4) is 0 Å². The molecule has 0 bridgehead atoms. The lowest BCUT2D eigenvalue weighted by Gasteiger charge is -2.12. The van der Waals surface area contributed by atoms with Gasteiger partial charge in [-0.1, -0.05) is 6.07 Å². The third-order valence-corrected chi connectivity index (χ3v) is 4.03. The number of ether oxygens (including phenoxy) is 1. The summed E-state index contributed by atoms with van der Waals surface area (Å²) in [6.07, 6.45) is -2.80. The molecular formula is C20H21F3N2O2. The molecule has 0 aliphatic heterocycles. The van der Waals surface area contributed by atoms with E-state index in [2.05, 4.69) is 4.99 Å². The van der Waals surface area contributed by atoms with Crippen molar-refractivity contribution < 1.29 is 22.7 Å². The van der Waals surface area contributed by atoms with Crippen LogP contribution in [0.15, 0.2) is 41.4 Å². The van der Waals surface area contributed by atoms with Gasteiger partial charge in [-0.25, -0.2) is 9.79 Å². The van der Waals surface area contributed by atoms with Crippen molar-refractivity contribution in [2.45, 2.75) is 26.9 Å².